The summed E-state index contributed by atoms with van der Waals surface area (Å²) in [5.74, 6) is -0.591. The average Bonchev–Trinajstić information content (AvgIpc) is 2.20. The molecule has 0 aliphatic heterocycles. The van der Waals surface area contributed by atoms with Gasteiger partial charge in [-0.2, -0.15) is 0 Å². The molecule has 0 heterocycles. The monoisotopic (exact) mass is 241 g/mol. The molecule has 0 aliphatic carbocycles. The second kappa shape index (κ2) is 4.65. The van der Waals surface area contributed by atoms with Gasteiger partial charge < -0.3 is 0 Å². The Labute approximate surface area is 95.9 Å². The Morgan fingerprint density at radius 3 is 2.12 bits per heavy atom. The molecule has 16 heavy (non-hydrogen) atoms. The lowest BCUT2D eigenvalue weighted by molar-refractivity contribution is -0.115. The van der Waals surface area contributed by atoms with E-state index in [1.807, 2.05) is 6.92 Å². The third-order valence-corrected chi connectivity index (χ3v) is 3.95. The molecule has 0 saturated heterocycles. The number of rotatable bonds is 3. The number of amides is 1. The summed E-state index contributed by atoms with van der Waals surface area (Å²) in [6.45, 7) is 4.66. The standard InChI is InChI=1S/C11H15NO3S/c1-4-16(14,15)12(10(3)13)11-7-5-9(2)6-8-11/h5-8H,4H2,1-3H3. The first-order valence-corrected chi connectivity index (χ1v) is 6.59. The van der Waals surface area contributed by atoms with Gasteiger partial charge in [0.1, 0.15) is 0 Å². The maximum Gasteiger partial charge on any atom is 0.241 e. The predicted molar refractivity (Wildman–Crippen MR) is 63.8 cm³/mol. The first-order valence-electron chi connectivity index (χ1n) is 4.98. The summed E-state index contributed by atoms with van der Waals surface area (Å²) >= 11 is 0. The molecule has 4 nitrogen and oxygen atoms in total. The summed E-state index contributed by atoms with van der Waals surface area (Å²) in [5, 5.41) is 0. The van der Waals surface area contributed by atoms with Gasteiger partial charge in [0.05, 0.1) is 11.4 Å². The molecular weight excluding hydrogens is 226 g/mol. The third-order valence-electron chi connectivity index (χ3n) is 2.20. The summed E-state index contributed by atoms with van der Waals surface area (Å²) in [5.41, 5.74) is 1.40. The Kier molecular flexibility index (Phi) is 3.70. The Balaban J connectivity index is 3.24. The largest absolute Gasteiger partial charge is 0.274 e. The van der Waals surface area contributed by atoms with E-state index in [2.05, 4.69) is 0 Å². The number of benzene rings is 1. The first-order chi connectivity index (χ1) is 7.38. The molecule has 0 fully saturated rings. The van der Waals surface area contributed by atoms with Crippen LogP contribution in [0.15, 0.2) is 24.3 Å². The van der Waals surface area contributed by atoms with Gasteiger partial charge in [0.2, 0.25) is 15.9 Å². The van der Waals surface area contributed by atoms with E-state index >= 15 is 0 Å². The molecule has 0 N–H and O–H groups in total. The second-order valence-corrected chi connectivity index (χ2v) is 5.63. The van der Waals surface area contributed by atoms with Crippen LogP contribution in [0.1, 0.15) is 19.4 Å². The summed E-state index contributed by atoms with van der Waals surface area (Å²) < 4.78 is 24.3. The molecular formula is C11H15NO3S. The summed E-state index contributed by atoms with van der Waals surface area (Å²) in [4.78, 5) is 11.4. The van der Waals surface area contributed by atoms with E-state index in [1.165, 1.54) is 13.8 Å². The number of sulfonamides is 1. The van der Waals surface area contributed by atoms with Gasteiger partial charge in [-0.25, -0.2) is 12.7 Å². The molecule has 5 heteroatoms. The van der Waals surface area contributed by atoms with Crippen LogP contribution in [-0.4, -0.2) is 20.1 Å². The van der Waals surface area contributed by atoms with Crippen molar-refractivity contribution in [2.45, 2.75) is 20.8 Å². The predicted octanol–water partition coefficient (Wildman–Crippen LogP) is 1.70. The molecule has 1 amide bonds. The van der Waals surface area contributed by atoms with Crippen LogP contribution in [0, 0.1) is 6.92 Å². The fraction of sp³-hybridized carbons (Fsp3) is 0.364. The second-order valence-electron chi connectivity index (χ2n) is 3.52. The minimum absolute atomic E-state index is 0.0968. The summed E-state index contributed by atoms with van der Waals surface area (Å²) in [6, 6.07) is 6.81. The molecule has 0 aromatic heterocycles. The van der Waals surface area contributed by atoms with Crippen LogP contribution in [0.3, 0.4) is 0 Å². The fourth-order valence-corrected chi connectivity index (χ4v) is 2.44. The SMILES string of the molecule is CCS(=O)(=O)N(C(C)=O)c1ccc(C)cc1. The van der Waals surface area contributed by atoms with Gasteiger partial charge in [0.15, 0.2) is 0 Å². The molecule has 0 atom stereocenters. The van der Waals surface area contributed by atoms with Gasteiger partial charge in [0, 0.05) is 6.92 Å². The molecule has 0 saturated carbocycles. The van der Waals surface area contributed by atoms with Crippen LogP contribution in [0.5, 0.6) is 0 Å². The van der Waals surface area contributed by atoms with Crippen molar-refractivity contribution in [2.24, 2.45) is 0 Å². The minimum atomic E-state index is -3.54. The number of hydrogen-bond acceptors (Lipinski definition) is 3. The van der Waals surface area contributed by atoms with Gasteiger partial charge in [-0.3, -0.25) is 4.79 Å². The van der Waals surface area contributed by atoms with E-state index in [0.717, 1.165) is 9.87 Å². The smallest absolute Gasteiger partial charge is 0.241 e. The van der Waals surface area contributed by atoms with E-state index in [9.17, 15) is 13.2 Å². The van der Waals surface area contributed by atoms with Crippen LogP contribution in [-0.2, 0) is 14.8 Å². The number of aryl methyl sites for hydroxylation is 1. The first kappa shape index (κ1) is 12.7. The molecule has 88 valence electrons. The molecule has 0 aliphatic rings. The zero-order chi connectivity index (χ0) is 12.3. The van der Waals surface area contributed by atoms with Crippen LogP contribution in [0.25, 0.3) is 0 Å². The van der Waals surface area contributed by atoms with E-state index in [1.54, 1.807) is 24.3 Å². The van der Waals surface area contributed by atoms with Crippen molar-refractivity contribution in [2.75, 3.05) is 10.1 Å². The normalized spacial score (nSPS) is 11.2. The summed E-state index contributed by atoms with van der Waals surface area (Å²) in [6.07, 6.45) is 0. The number of carbonyl (C=O) groups excluding carboxylic acids is 1. The van der Waals surface area contributed by atoms with Crippen molar-refractivity contribution in [3.05, 3.63) is 29.8 Å². The van der Waals surface area contributed by atoms with Crippen LogP contribution < -0.4 is 4.31 Å². The molecule has 0 spiro atoms. The molecule has 0 unspecified atom stereocenters. The van der Waals surface area contributed by atoms with Crippen molar-refractivity contribution in [3.8, 4) is 0 Å². The number of anilines is 1. The summed E-state index contributed by atoms with van der Waals surface area (Å²) in [7, 11) is -3.54. The maximum atomic E-state index is 11.7. The van der Waals surface area contributed by atoms with Gasteiger partial charge in [-0.05, 0) is 26.0 Å². The zero-order valence-corrected chi connectivity index (χ0v) is 10.4. The Morgan fingerprint density at radius 1 is 1.25 bits per heavy atom. The fourth-order valence-electron chi connectivity index (χ4n) is 1.35. The van der Waals surface area contributed by atoms with Gasteiger partial charge in [0.25, 0.3) is 0 Å². The van der Waals surface area contributed by atoms with Gasteiger partial charge >= 0.3 is 0 Å². The van der Waals surface area contributed by atoms with E-state index in [-0.39, 0.29) is 5.75 Å². The maximum absolute atomic E-state index is 11.7. The lowest BCUT2D eigenvalue weighted by Gasteiger charge is -2.20. The minimum Gasteiger partial charge on any atom is -0.274 e. The van der Waals surface area contributed by atoms with Crippen molar-refractivity contribution < 1.29 is 13.2 Å². The molecule has 0 radical (unpaired) electrons. The number of carbonyl (C=O) groups is 1. The highest BCUT2D eigenvalue weighted by Crippen LogP contribution is 2.19. The Morgan fingerprint density at radius 2 is 1.75 bits per heavy atom. The van der Waals surface area contributed by atoms with E-state index in [4.69, 9.17) is 0 Å². The Bertz CT molecular complexity index is 476. The van der Waals surface area contributed by atoms with Crippen LogP contribution in [0.4, 0.5) is 5.69 Å². The highest BCUT2D eigenvalue weighted by Gasteiger charge is 2.24. The third kappa shape index (κ3) is 2.61. The lowest BCUT2D eigenvalue weighted by atomic mass is 10.2. The van der Waals surface area contributed by atoms with E-state index in [0.29, 0.717) is 5.69 Å². The lowest BCUT2D eigenvalue weighted by Crippen LogP contribution is -2.36. The number of hydrogen-bond donors (Lipinski definition) is 0. The van der Waals surface area contributed by atoms with Crippen LogP contribution >= 0.6 is 0 Å². The van der Waals surface area contributed by atoms with Crippen molar-refractivity contribution >= 4 is 21.6 Å². The quantitative estimate of drug-likeness (QED) is 0.809. The van der Waals surface area contributed by atoms with Crippen molar-refractivity contribution in [1.82, 2.24) is 0 Å². The number of nitrogens with zero attached hydrogens (tertiary/aromatic N) is 1. The van der Waals surface area contributed by atoms with Crippen molar-refractivity contribution in [3.63, 3.8) is 0 Å². The average molecular weight is 241 g/mol. The Hall–Kier alpha value is -1.36. The molecule has 1 rings (SSSR count). The van der Waals surface area contributed by atoms with Crippen molar-refractivity contribution in [1.29, 1.82) is 0 Å². The van der Waals surface area contributed by atoms with Gasteiger partial charge in [-0.1, -0.05) is 17.7 Å². The van der Waals surface area contributed by atoms with Crippen LogP contribution in [0.2, 0.25) is 0 Å². The topological polar surface area (TPSA) is 54.5 Å². The highest BCUT2D eigenvalue weighted by molar-refractivity contribution is 7.93. The molecule has 1 aromatic rings. The van der Waals surface area contributed by atoms with E-state index < -0.39 is 15.9 Å². The molecule has 0 bridgehead atoms. The zero-order valence-electron chi connectivity index (χ0n) is 9.60. The molecule has 1 aromatic carbocycles. The van der Waals surface area contributed by atoms with Gasteiger partial charge in [-0.15, -0.1) is 0 Å². The highest BCUT2D eigenvalue weighted by atomic mass is 32.2.